The molecule has 102 valence electrons. The van der Waals surface area contributed by atoms with Crippen LogP contribution in [0.4, 0.5) is 11.4 Å². The number of rotatable bonds is 4. The Labute approximate surface area is 115 Å². The van der Waals surface area contributed by atoms with E-state index >= 15 is 0 Å². The number of anilines is 2. The fraction of sp³-hybridized carbons (Fsp3) is 0.562. The molecular weight excluding hydrogens is 234 g/mol. The summed E-state index contributed by atoms with van der Waals surface area (Å²) in [6.07, 6.45) is 7.06. The molecule has 0 radical (unpaired) electrons. The lowest BCUT2D eigenvalue weighted by Crippen LogP contribution is -2.28. The topological polar surface area (TPSA) is 61.8 Å². The standard InChI is InChI=1S/C16H23N3/c1-16(8-3-2-4-9-16)12-19-14-5-6-15(18)13(11-14)7-10-17/h5-6,11,19H,2-4,7-9,12,18H2,1H3. The summed E-state index contributed by atoms with van der Waals surface area (Å²) in [5.41, 5.74) is 8.97. The molecule has 0 unspecified atom stereocenters. The van der Waals surface area contributed by atoms with Crippen LogP contribution >= 0.6 is 0 Å². The highest BCUT2D eigenvalue weighted by Crippen LogP contribution is 2.35. The quantitative estimate of drug-likeness (QED) is 0.808. The fourth-order valence-electron chi connectivity index (χ4n) is 2.85. The third-order valence-corrected chi connectivity index (χ3v) is 4.19. The van der Waals surface area contributed by atoms with E-state index in [2.05, 4.69) is 18.3 Å². The van der Waals surface area contributed by atoms with Gasteiger partial charge in [0.05, 0.1) is 12.5 Å². The summed E-state index contributed by atoms with van der Waals surface area (Å²) in [6, 6.07) is 8.05. The van der Waals surface area contributed by atoms with Crippen LogP contribution in [0.3, 0.4) is 0 Å². The minimum atomic E-state index is 0.374. The first kappa shape index (κ1) is 13.7. The van der Waals surface area contributed by atoms with E-state index in [0.29, 0.717) is 17.5 Å². The van der Waals surface area contributed by atoms with E-state index in [1.807, 2.05) is 18.2 Å². The average Bonchev–Trinajstić information content (AvgIpc) is 2.41. The number of benzene rings is 1. The molecule has 0 amide bonds. The van der Waals surface area contributed by atoms with Gasteiger partial charge in [0.2, 0.25) is 0 Å². The van der Waals surface area contributed by atoms with Gasteiger partial charge >= 0.3 is 0 Å². The molecule has 1 aliphatic carbocycles. The number of hydrogen-bond donors (Lipinski definition) is 2. The normalized spacial score (nSPS) is 17.7. The molecule has 1 aromatic rings. The molecule has 0 aromatic heterocycles. The molecule has 1 aromatic carbocycles. The Balaban J connectivity index is 1.99. The third-order valence-electron chi connectivity index (χ3n) is 4.19. The lowest BCUT2D eigenvalue weighted by molar-refractivity contribution is 0.233. The van der Waals surface area contributed by atoms with Gasteiger partial charge in [-0.15, -0.1) is 0 Å². The first-order chi connectivity index (χ1) is 9.13. The summed E-state index contributed by atoms with van der Waals surface area (Å²) in [7, 11) is 0. The largest absolute Gasteiger partial charge is 0.398 e. The van der Waals surface area contributed by atoms with E-state index < -0.39 is 0 Å². The van der Waals surface area contributed by atoms with Gasteiger partial charge in [-0.2, -0.15) is 5.26 Å². The number of nitrogens with zero attached hydrogens (tertiary/aromatic N) is 1. The molecule has 1 saturated carbocycles. The predicted molar refractivity (Wildman–Crippen MR) is 79.9 cm³/mol. The van der Waals surface area contributed by atoms with Crippen molar-refractivity contribution < 1.29 is 0 Å². The molecule has 0 spiro atoms. The molecule has 3 N–H and O–H groups in total. The Kier molecular flexibility index (Phi) is 4.31. The van der Waals surface area contributed by atoms with Crippen molar-refractivity contribution in [3.8, 4) is 6.07 Å². The zero-order valence-corrected chi connectivity index (χ0v) is 11.7. The smallest absolute Gasteiger partial charge is 0.0670 e. The van der Waals surface area contributed by atoms with Crippen molar-refractivity contribution in [2.45, 2.75) is 45.4 Å². The fourth-order valence-corrected chi connectivity index (χ4v) is 2.85. The highest BCUT2D eigenvalue weighted by Gasteiger charge is 2.26. The van der Waals surface area contributed by atoms with E-state index in [4.69, 9.17) is 11.0 Å². The second-order valence-electron chi connectivity index (χ2n) is 5.97. The van der Waals surface area contributed by atoms with Crippen molar-refractivity contribution in [2.24, 2.45) is 5.41 Å². The zero-order chi connectivity index (χ0) is 13.7. The van der Waals surface area contributed by atoms with E-state index in [1.165, 1.54) is 32.1 Å². The molecule has 19 heavy (non-hydrogen) atoms. The maximum atomic E-state index is 8.78. The van der Waals surface area contributed by atoms with Crippen molar-refractivity contribution in [3.63, 3.8) is 0 Å². The van der Waals surface area contributed by atoms with Gasteiger partial charge in [0.25, 0.3) is 0 Å². The second-order valence-corrected chi connectivity index (χ2v) is 5.97. The minimum absolute atomic E-state index is 0.374. The lowest BCUT2D eigenvalue weighted by Gasteiger charge is -2.34. The second kappa shape index (κ2) is 5.97. The first-order valence-corrected chi connectivity index (χ1v) is 7.12. The van der Waals surface area contributed by atoms with Crippen LogP contribution < -0.4 is 11.1 Å². The van der Waals surface area contributed by atoms with Gasteiger partial charge < -0.3 is 11.1 Å². The molecule has 1 aliphatic rings. The number of nitrogen functional groups attached to an aromatic ring is 1. The Hall–Kier alpha value is -1.69. The first-order valence-electron chi connectivity index (χ1n) is 7.12. The molecule has 2 rings (SSSR count). The molecule has 0 atom stereocenters. The van der Waals surface area contributed by atoms with Gasteiger partial charge in [0, 0.05) is 17.9 Å². The summed E-state index contributed by atoms with van der Waals surface area (Å²) in [4.78, 5) is 0. The van der Waals surface area contributed by atoms with Gasteiger partial charge in [-0.25, -0.2) is 0 Å². The molecule has 1 fully saturated rings. The SMILES string of the molecule is CC1(CNc2ccc(N)c(CC#N)c2)CCCCC1. The Morgan fingerprint density at radius 1 is 1.32 bits per heavy atom. The van der Waals surface area contributed by atoms with Crippen LogP contribution in [0.2, 0.25) is 0 Å². The third kappa shape index (κ3) is 3.64. The van der Waals surface area contributed by atoms with Crippen LogP contribution in [0.25, 0.3) is 0 Å². The summed E-state index contributed by atoms with van der Waals surface area (Å²) < 4.78 is 0. The predicted octanol–water partition coefficient (Wildman–Crippen LogP) is 3.72. The maximum Gasteiger partial charge on any atom is 0.0670 e. The van der Waals surface area contributed by atoms with Crippen LogP contribution in [0, 0.1) is 16.7 Å². The molecular formula is C16H23N3. The number of nitrogens with two attached hydrogens (primary N) is 1. The van der Waals surface area contributed by atoms with Crippen LogP contribution in [-0.4, -0.2) is 6.54 Å². The summed E-state index contributed by atoms with van der Waals surface area (Å²) in [6.45, 7) is 3.37. The monoisotopic (exact) mass is 257 g/mol. The zero-order valence-electron chi connectivity index (χ0n) is 11.7. The van der Waals surface area contributed by atoms with Gasteiger partial charge in [-0.3, -0.25) is 0 Å². The van der Waals surface area contributed by atoms with Gasteiger partial charge in [0.15, 0.2) is 0 Å². The van der Waals surface area contributed by atoms with Crippen molar-refractivity contribution in [1.82, 2.24) is 0 Å². The molecule has 3 heteroatoms. The minimum Gasteiger partial charge on any atom is -0.398 e. The van der Waals surface area contributed by atoms with Crippen LogP contribution in [-0.2, 0) is 6.42 Å². The van der Waals surface area contributed by atoms with Crippen LogP contribution in [0.1, 0.15) is 44.6 Å². The molecule has 0 heterocycles. The molecule has 0 saturated heterocycles. The molecule has 0 bridgehead atoms. The van der Waals surface area contributed by atoms with Crippen LogP contribution in [0.5, 0.6) is 0 Å². The Bertz CT molecular complexity index is 467. The summed E-state index contributed by atoms with van der Waals surface area (Å²) in [5, 5.41) is 12.3. The lowest BCUT2D eigenvalue weighted by atomic mass is 9.76. The molecule has 3 nitrogen and oxygen atoms in total. The van der Waals surface area contributed by atoms with E-state index in [0.717, 1.165) is 17.8 Å². The van der Waals surface area contributed by atoms with Crippen molar-refractivity contribution >= 4 is 11.4 Å². The Morgan fingerprint density at radius 2 is 2.05 bits per heavy atom. The number of nitriles is 1. The van der Waals surface area contributed by atoms with E-state index in [-0.39, 0.29) is 0 Å². The Morgan fingerprint density at radius 3 is 2.74 bits per heavy atom. The van der Waals surface area contributed by atoms with Gasteiger partial charge in [-0.1, -0.05) is 26.2 Å². The number of hydrogen-bond acceptors (Lipinski definition) is 3. The number of nitrogens with one attached hydrogen (secondary N) is 1. The highest BCUT2D eigenvalue weighted by molar-refractivity contribution is 5.58. The van der Waals surface area contributed by atoms with Gasteiger partial charge in [-0.05, 0) is 42.0 Å². The van der Waals surface area contributed by atoms with Crippen molar-refractivity contribution in [3.05, 3.63) is 23.8 Å². The summed E-state index contributed by atoms with van der Waals surface area (Å²) >= 11 is 0. The van der Waals surface area contributed by atoms with Crippen molar-refractivity contribution in [1.29, 1.82) is 5.26 Å². The average molecular weight is 257 g/mol. The highest BCUT2D eigenvalue weighted by atomic mass is 14.9. The van der Waals surface area contributed by atoms with Crippen molar-refractivity contribution in [2.75, 3.05) is 17.6 Å². The summed E-state index contributed by atoms with van der Waals surface area (Å²) in [5.74, 6) is 0. The van der Waals surface area contributed by atoms with Gasteiger partial charge in [0.1, 0.15) is 0 Å². The maximum absolute atomic E-state index is 8.78. The van der Waals surface area contributed by atoms with Crippen LogP contribution in [0.15, 0.2) is 18.2 Å². The van der Waals surface area contributed by atoms with E-state index in [1.54, 1.807) is 0 Å². The van der Waals surface area contributed by atoms with E-state index in [9.17, 15) is 0 Å². The molecule has 0 aliphatic heterocycles.